The van der Waals surface area contributed by atoms with Crippen molar-refractivity contribution in [3.63, 3.8) is 0 Å². The molecule has 0 saturated heterocycles. The summed E-state index contributed by atoms with van der Waals surface area (Å²) in [6, 6.07) is 0.173. The van der Waals surface area contributed by atoms with Gasteiger partial charge in [-0.3, -0.25) is 9.59 Å². The van der Waals surface area contributed by atoms with Crippen molar-refractivity contribution in [1.82, 2.24) is 4.90 Å². The molecule has 1 rings (SSSR count). The van der Waals surface area contributed by atoms with Crippen LogP contribution < -0.4 is 0 Å². The third-order valence-corrected chi connectivity index (χ3v) is 4.40. The average molecular weight is 255 g/mol. The second-order valence-electron chi connectivity index (χ2n) is 5.58. The first-order chi connectivity index (χ1) is 8.43. The quantitative estimate of drug-likeness (QED) is 0.821. The largest absolute Gasteiger partial charge is 0.481 e. The van der Waals surface area contributed by atoms with Crippen molar-refractivity contribution in [2.24, 2.45) is 5.41 Å². The van der Waals surface area contributed by atoms with Crippen molar-refractivity contribution < 1.29 is 14.7 Å². The highest BCUT2D eigenvalue weighted by Gasteiger charge is 2.42. The fraction of sp³-hybridized carbons (Fsp3) is 0.857. The van der Waals surface area contributed by atoms with Gasteiger partial charge in [0.25, 0.3) is 0 Å². The number of nitrogens with zero attached hydrogens (tertiary/aromatic N) is 1. The number of carboxylic acid groups (broad SMARTS) is 1. The lowest BCUT2D eigenvalue weighted by molar-refractivity contribution is -0.156. The lowest BCUT2D eigenvalue weighted by Gasteiger charge is -2.35. The standard InChI is InChI=1S/C14H25NO3/c1-4-11(2)15(3)12(16)10-14(13(17)18)8-6-5-7-9-14/h11H,4-10H2,1-3H3,(H,17,18). The highest BCUT2D eigenvalue weighted by atomic mass is 16.4. The molecule has 1 saturated carbocycles. The summed E-state index contributed by atoms with van der Waals surface area (Å²) < 4.78 is 0. The van der Waals surface area contributed by atoms with Gasteiger partial charge in [-0.2, -0.15) is 0 Å². The minimum absolute atomic E-state index is 0.0337. The molecule has 0 aromatic rings. The molecule has 0 bridgehead atoms. The minimum atomic E-state index is -0.808. The lowest BCUT2D eigenvalue weighted by Crippen LogP contribution is -2.42. The number of hydrogen-bond donors (Lipinski definition) is 1. The zero-order valence-electron chi connectivity index (χ0n) is 11.7. The van der Waals surface area contributed by atoms with Gasteiger partial charge in [0.05, 0.1) is 5.41 Å². The molecule has 4 nitrogen and oxygen atoms in total. The van der Waals surface area contributed by atoms with Crippen molar-refractivity contribution in [2.45, 2.75) is 64.8 Å². The molecule has 0 heterocycles. The summed E-state index contributed by atoms with van der Waals surface area (Å²) >= 11 is 0. The molecule has 1 aliphatic carbocycles. The Bertz CT molecular complexity index is 308. The number of hydrogen-bond acceptors (Lipinski definition) is 2. The molecule has 1 N–H and O–H groups in total. The molecule has 104 valence electrons. The maximum Gasteiger partial charge on any atom is 0.310 e. The maximum atomic E-state index is 12.2. The van der Waals surface area contributed by atoms with Crippen molar-refractivity contribution in [3.05, 3.63) is 0 Å². The maximum absolute atomic E-state index is 12.2. The van der Waals surface area contributed by atoms with Gasteiger partial charge in [0, 0.05) is 19.5 Å². The number of carbonyl (C=O) groups excluding carboxylic acids is 1. The van der Waals surface area contributed by atoms with Gasteiger partial charge < -0.3 is 10.0 Å². The molecule has 1 atom stereocenters. The molecule has 4 heteroatoms. The van der Waals surface area contributed by atoms with Crippen LogP contribution >= 0.6 is 0 Å². The van der Waals surface area contributed by atoms with Crippen LogP contribution in [0.25, 0.3) is 0 Å². The summed E-state index contributed by atoms with van der Waals surface area (Å²) in [6.45, 7) is 4.02. The highest BCUT2D eigenvalue weighted by Crippen LogP contribution is 2.40. The number of rotatable bonds is 5. The van der Waals surface area contributed by atoms with Gasteiger partial charge >= 0.3 is 5.97 Å². The molecule has 1 fully saturated rings. The van der Waals surface area contributed by atoms with E-state index >= 15 is 0 Å². The molecule has 0 aliphatic heterocycles. The molecule has 0 aromatic heterocycles. The van der Waals surface area contributed by atoms with Crippen molar-refractivity contribution in [2.75, 3.05) is 7.05 Å². The Hall–Kier alpha value is -1.06. The Morgan fingerprint density at radius 3 is 2.28 bits per heavy atom. The van der Waals surface area contributed by atoms with Crippen LogP contribution in [0.15, 0.2) is 0 Å². The molecular formula is C14H25NO3. The minimum Gasteiger partial charge on any atom is -0.481 e. The first-order valence-corrected chi connectivity index (χ1v) is 6.92. The normalized spacial score (nSPS) is 20.2. The number of carboxylic acids is 1. The summed E-state index contributed by atoms with van der Waals surface area (Å²) in [5.41, 5.74) is -0.808. The van der Waals surface area contributed by atoms with Gasteiger partial charge in [-0.05, 0) is 26.2 Å². The predicted molar refractivity (Wildman–Crippen MR) is 70.3 cm³/mol. The van der Waals surface area contributed by atoms with E-state index < -0.39 is 11.4 Å². The van der Waals surface area contributed by atoms with Gasteiger partial charge in [0.2, 0.25) is 5.91 Å². The van der Waals surface area contributed by atoms with Crippen LogP contribution in [0.4, 0.5) is 0 Å². The monoisotopic (exact) mass is 255 g/mol. The van der Waals surface area contributed by atoms with Crippen molar-refractivity contribution in [1.29, 1.82) is 0 Å². The van der Waals surface area contributed by atoms with E-state index in [2.05, 4.69) is 0 Å². The Balaban J connectivity index is 2.72. The first kappa shape index (κ1) is 15.0. The van der Waals surface area contributed by atoms with E-state index in [9.17, 15) is 14.7 Å². The topological polar surface area (TPSA) is 57.6 Å². The highest BCUT2D eigenvalue weighted by molar-refractivity contribution is 5.85. The van der Waals surface area contributed by atoms with Crippen molar-refractivity contribution in [3.8, 4) is 0 Å². The number of amides is 1. The summed E-state index contributed by atoms with van der Waals surface area (Å²) in [5.74, 6) is -0.832. The van der Waals surface area contributed by atoms with Gasteiger partial charge in [0.1, 0.15) is 0 Å². The third kappa shape index (κ3) is 3.24. The van der Waals surface area contributed by atoms with E-state index in [-0.39, 0.29) is 18.4 Å². The van der Waals surface area contributed by atoms with Gasteiger partial charge in [-0.25, -0.2) is 0 Å². The Kier molecular flexibility index (Phi) is 5.17. The lowest BCUT2D eigenvalue weighted by atomic mass is 9.71. The van der Waals surface area contributed by atoms with Gasteiger partial charge in [-0.1, -0.05) is 26.2 Å². The van der Waals surface area contributed by atoms with E-state index in [1.54, 1.807) is 11.9 Å². The summed E-state index contributed by atoms with van der Waals surface area (Å²) in [7, 11) is 1.77. The number of aliphatic carboxylic acids is 1. The van der Waals surface area contributed by atoms with Crippen LogP contribution in [0, 0.1) is 5.41 Å². The molecule has 0 radical (unpaired) electrons. The molecule has 0 spiro atoms. The SMILES string of the molecule is CCC(C)N(C)C(=O)CC1(C(=O)O)CCCCC1. The van der Waals surface area contributed by atoms with Crippen LogP contribution in [0.1, 0.15) is 58.8 Å². The molecule has 1 amide bonds. The summed E-state index contributed by atoms with van der Waals surface area (Å²) in [4.78, 5) is 25.4. The zero-order chi connectivity index (χ0) is 13.8. The van der Waals surface area contributed by atoms with E-state index in [1.165, 1.54) is 0 Å². The average Bonchev–Trinajstić information content (AvgIpc) is 2.37. The zero-order valence-corrected chi connectivity index (χ0v) is 11.7. The molecule has 0 aromatic carbocycles. The van der Waals surface area contributed by atoms with E-state index in [4.69, 9.17) is 0 Å². The fourth-order valence-corrected chi connectivity index (χ4v) is 2.63. The summed E-state index contributed by atoms with van der Waals surface area (Å²) in [6.07, 6.45) is 5.26. The molecule has 1 aliphatic rings. The smallest absolute Gasteiger partial charge is 0.310 e. The van der Waals surface area contributed by atoms with Gasteiger partial charge in [-0.15, -0.1) is 0 Å². The summed E-state index contributed by atoms with van der Waals surface area (Å²) in [5, 5.41) is 9.44. The number of carbonyl (C=O) groups is 2. The Morgan fingerprint density at radius 2 is 1.83 bits per heavy atom. The Morgan fingerprint density at radius 1 is 1.28 bits per heavy atom. The fourth-order valence-electron chi connectivity index (χ4n) is 2.63. The molecule has 1 unspecified atom stereocenters. The van der Waals surface area contributed by atoms with Crippen LogP contribution in [-0.2, 0) is 9.59 Å². The second kappa shape index (κ2) is 6.21. The van der Waals surface area contributed by atoms with Crippen LogP contribution in [0.5, 0.6) is 0 Å². The van der Waals surface area contributed by atoms with Crippen LogP contribution in [0.3, 0.4) is 0 Å². The van der Waals surface area contributed by atoms with E-state index in [1.807, 2.05) is 13.8 Å². The van der Waals surface area contributed by atoms with Crippen molar-refractivity contribution >= 4 is 11.9 Å². The second-order valence-corrected chi connectivity index (χ2v) is 5.58. The predicted octanol–water partition coefficient (Wildman–Crippen LogP) is 2.67. The first-order valence-electron chi connectivity index (χ1n) is 6.92. The van der Waals surface area contributed by atoms with E-state index in [0.717, 1.165) is 25.7 Å². The van der Waals surface area contributed by atoms with E-state index in [0.29, 0.717) is 12.8 Å². The molecule has 18 heavy (non-hydrogen) atoms. The third-order valence-electron chi connectivity index (χ3n) is 4.40. The Labute approximate surface area is 109 Å². The van der Waals surface area contributed by atoms with Crippen LogP contribution in [0.2, 0.25) is 0 Å². The van der Waals surface area contributed by atoms with Crippen LogP contribution in [-0.4, -0.2) is 35.0 Å². The molecular weight excluding hydrogens is 230 g/mol. The van der Waals surface area contributed by atoms with Gasteiger partial charge in [0.15, 0.2) is 0 Å².